The van der Waals surface area contributed by atoms with Gasteiger partial charge < -0.3 is 20.5 Å². The Morgan fingerprint density at radius 1 is 1.29 bits per heavy atom. The molecule has 4 rings (SSSR count). The molecule has 0 radical (unpaired) electrons. The van der Waals surface area contributed by atoms with Gasteiger partial charge in [0.1, 0.15) is 11.6 Å². The quantitative estimate of drug-likeness (QED) is 0.363. The van der Waals surface area contributed by atoms with E-state index in [1.807, 2.05) is 41.7 Å². The van der Waals surface area contributed by atoms with Crippen LogP contribution in [0, 0.1) is 0 Å². The maximum absolute atomic E-state index is 6.20. The molecule has 3 heterocycles. The van der Waals surface area contributed by atoms with E-state index in [0.717, 1.165) is 41.3 Å². The van der Waals surface area contributed by atoms with Gasteiger partial charge in [0.2, 0.25) is 11.8 Å². The summed E-state index contributed by atoms with van der Waals surface area (Å²) in [5, 5.41) is 3.32. The second kappa shape index (κ2) is 8.85. The minimum atomic E-state index is 0.379. The Morgan fingerprint density at radius 3 is 2.77 bits per heavy atom. The minimum absolute atomic E-state index is 0.379. The number of nitrogens with one attached hydrogen (secondary N) is 1. The van der Waals surface area contributed by atoms with E-state index >= 15 is 0 Å². The number of fused-ring (bicyclic) bond motifs is 1. The molecule has 0 fully saturated rings. The lowest BCUT2D eigenvalue weighted by molar-refractivity contribution is 0.293. The average molecular weight is 416 g/mol. The molecule has 0 saturated heterocycles. The SMILES string of the molecule is C=CN=C(/C=C(\C)OC)Oc1ccc(-c2nc(C3=CCNC3)c3ccnc(N)n23)cc1. The molecule has 8 heteroatoms. The van der Waals surface area contributed by atoms with Crippen molar-refractivity contribution in [2.75, 3.05) is 25.9 Å². The maximum atomic E-state index is 6.20. The van der Waals surface area contributed by atoms with Crippen molar-refractivity contribution in [3.05, 3.63) is 72.9 Å². The van der Waals surface area contributed by atoms with Crippen molar-refractivity contribution < 1.29 is 9.47 Å². The largest absolute Gasteiger partial charge is 0.501 e. The number of aromatic nitrogens is 3. The summed E-state index contributed by atoms with van der Waals surface area (Å²) in [4.78, 5) is 13.3. The molecule has 1 aliphatic rings. The Kier molecular flexibility index (Phi) is 5.81. The zero-order valence-corrected chi connectivity index (χ0v) is 17.5. The lowest BCUT2D eigenvalue weighted by Gasteiger charge is -2.08. The van der Waals surface area contributed by atoms with Gasteiger partial charge >= 0.3 is 0 Å². The number of nitrogen functional groups attached to an aromatic ring is 1. The number of benzene rings is 1. The van der Waals surface area contributed by atoms with Crippen molar-refractivity contribution in [3.63, 3.8) is 0 Å². The normalized spacial score (nSPS) is 14.6. The fourth-order valence-corrected chi connectivity index (χ4v) is 3.35. The van der Waals surface area contributed by atoms with Gasteiger partial charge in [-0.1, -0.05) is 12.7 Å². The van der Waals surface area contributed by atoms with E-state index in [1.54, 1.807) is 19.4 Å². The van der Waals surface area contributed by atoms with Crippen LogP contribution in [0.1, 0.15) is 12.6 Å². The topological polar surface area (TPSA) is 99.1 Å². The van der Waals surface area contributed by atoms with Gasteiger partial charge in [-0.15, -0.1) is 0 Å². The van der Waals surface area contributed by atoms with E-state index in [2.05, 4.69) is 27.9 Å². The fourth-order valence-electron chi connectivity index (χ4n) is 3.35. The Bertz CT molecular complexity index is 1200. The molecule has 31 heavy (non-hydrogen) atoms. The van der Waals surface area contributed by atoms with Crippen LogP contribution >= 0.6 is 0 Å². The van der Waals surface area contributed by atoms with Crippen molar-refractivity contribution in [3.8, 4) is 17.1 Å². The number of imidazole rings is 1. The van der Waals surface area contributed by atoms with Crippen molar-refractivity contribution in [1.82, 2.24) is 19.7 Å². The van der Waals surface area contributed by atoms with Crippen LogP contribution in [-0.2, 0) is 4.74 Å². The molecule has 8 nitrogen and oxygen atoms in total. The molecule has 1 aliphatic heterocycles. The third-order valence-corrected chi connectivity index (χ3v) is 4.90. The van der Waals surface area contributed by atoms with Crippen LogP contribution < -0.4 is 15.8 Å². The van der Waals surface area contributed by atoms with Crippen molar-refractivity contribution in [2.24, 2.45) is 4.99 Å². The summed E-state index contributed by atoms with van der Waals surface area (Å²) in [6, 6.07) is 9.50. The Morgan fingerprint density at radius 2 is 2.10 bits per heavy atom. The molecule has 3 N–H and O–H groups in total. The van der Waals surface area contributed by atoms with Crippen LogP contribution in [0.15, 0.2) is 72.2 Å². The van der Waals surface area contributed by atoms with Gasteiger partial charge in [-0.25, -0.2) is 15.0 Å². The predicted octanol–water partition coefficient (Wildman–Crippen LogP) is 3.44. The van der Waals surface area contributed by atoms with E-state index < -0.39 is 0 Å². The van der Waals surface area contributed by atoms with Crippen LogP contribution in [0.3, 0.4) is 0 Å². The lowest BCUT2D eigenvalue weighted by atomic mass is 10.2. The highest BCUT2D eigenvalue weighted by Gasteiger charge is 2.19. The van der Waals surface area contributed by atoms with Crippen molar-refractivity contribution >= 4 is 22.9 Å². The number of nitrogens with zero attached hydrogens (tertiary/aromatic N) is 4. The lowest BCUT2D eigenvalue weighted by Crippen LogP contribution is -2.07. The third kappa shape index (κ3) is 4.19. The second-order valence-corrected chi connectivity index (χ2v) is 6.90. The molecule has 158 valence electrons. The number of aliphatic imine (C=N–C) groups is 1. The van der Waals surface area contributed by atoms with Crippen LogP contribution in [0.5, 0.6) is 5.75 Å². The first-order chi connectivity index (χ1) is 15.1. The van der Waals surface area contributed by atoms with Gasteiger partial charge in [0.15, 0.2) is 0 Å². The highest BCUT2D eigenvalue weighted by atomic mass is 16.5. The first-order valence-corrected chi connectivity index (χ1v) is 9.83. The van der Waals surface area contributed by atoms with Gasteiger partial charge in [-0.2, -0.15) is 0 Å². The Hall–Kier alpha value is -3.91. The van der Waals surface area contributed by atoms with Crippen molar-refractivity contribution in [2.45, 2.75) is 6.92 Å². The maximum Gasteiger partial charge on any atom is 0.222 e. The number of methoxy groups -OCH3 is 1. The Labute approximate surface area is 180 Å². The summed E-state index contributed by atoms with van der Waals surface area (Å²) >= 11 is 0. The van der Waals surface area contributed by atoms with Gasteiger partial charge in [0.25, 0.3) is 0 Å². The summed E-state index contributed by atoms with van der Waals surface area (Å²) in [5.41, 5.74) is 10.1. The van der Waals surface area contributed by atoms with E-state index in [4.69, 9.17) is 20.2 Å². The summed E-state index contributed by atoms with van der Waals surface area (Å²) in [6.07, 6.45) is 6.97. The molecule has 0 aliphatic carbocycles. The van der Waals surface area contributed by atoms with Crippen molar-refractivity contribution in [1.29, 1.82) is 0 Å². The van der Waals surface area contributed by atoms with E-state index in [1.165, 1.54) is 6.20 Å². The molecular formula is C23H24N6O2. The molecule has 0 spiro atoms. The number of ether oxygens (including phenoxy) is 2. The summed E-state index contributed by atoms with van der Waals surface area (Å²) in [6.45, 7) is 7.06. The van der Waals surface area contributed by atoms with Gasteiger partial charge in [-0.05, 0) is 42.8 Å². The zero-order chi connectivity index (χ0) is 21.8. The van der Waals surface area contributed by atoms with E-state index in [-0.39, 0.29) is 0 Å². The Balaban J connectivity index is 1.70. The van der Waals surface area contributed by atoms with Crippen LogP contribution in [-0.4, -0.2) is 40.5 Å². The van der Waals surface area contributed by atoms with Crippen LogP contribution in [0.4, 0.5) is 5.95 Å². The number of anilines is 1. The summed E-state index contributed by atoms with van der Waals surface area (Å²) in [7, 11) is 1.59. The van der Waals surface area contributed by atoms with Gasteiger partial charge in [-0.3, -0.25) is 4.40 Å². The number of hydrogen-bond donors (Lipinski definition) is 2. The minimum Gasteiger partial charge on any atom is -0.501 e. The molecule has 0 amide bonds. The standard InChI is InChI=1S/C23H24N6O2/c1-4-26-20(13-15(2)30-3)31-18-7-5-16(6-8-18)22-28-21(17-9-11-25-14-17)19-10-12-27-23(24)29(19)22/h4-10,12-13,25H,1,11,14H2,2-3H3,(H2,24,27)/b15-13+,26-20?. The number of rotatable bonds is 6. The van der Waals surface area contributed by atoms with Gasteiger partial charge in [0.05, 0.1) is 24.1 Å². The highest BCUT2D eigenvalue weighted by molar-refractivity contribution is 5.90. The smallest absolute Gasteiger partial charge is 0.222 e. The number of nitrogens with two attached hydrogens (primary N) is 1. The summed E-state index contributed by atoms with van der Waals surface area (Å²) < 4.78 is 12.9. The summed E-state index contributed by atoms with van der Waals surface area (Å²) in [5.74, 6) is 2.79. The van der Waals surface area contributed by atoms with Crippen LogP contribution in [0.25, 0.3) is 22.5 Å². The zero-order valence-electron chi connectivity index (χ0n) is 17.5. The molecular weight excluding hydrogens is 392 g/mol. The number of allylic oxidation sites excluding steroid dienone is 1. The van der Waals surface area contributed by atoms with E-state index in [9.17, 15) is 0 Å². The molecule has 2 aromatic heterocycles. The fraction of sp³-hybridized carbons (Fsp3) is 0.174. The number of hydrogen-bond acceptors (Lipinski definition) is 7. The second-order valence-electron chi connectivity index (χ2n) is 6.90. The monoisotopic (exact) mass is 416 g/mol. The van der Waals surface area contributed by atoms with Crippen LogP contribution in [0.2, 0.25) is 0 Å². The predicted molar refractivity (Wildman–Crippen MR) is 123 cm³/mol. The highest BCUT2D eigenvalue weighted by Crippen LogP contribution is 2.30. The molecule has 3 aromatic rings. The van der Waals surface area contributed by atoms with Gasteiger partial charge in [0, 0.05) is 37.1 Å². The molecule has 0 unspecified atom stereocenters. The third-order valence-electron chi connectivity index (χ3n) is 4.90. The first-order valence-electron chi connectivity index (χ1n) is 9.83. The first kappa shape index (κ1) is 20.4. The molecule has 0 saturated carbocycles. The van der Waals surface area contributed by atoms with E-state index in [0.29, 0.717) is 23.4 Å². The molecule has 0 bridgehead atoms. The molecule has 1 aromatic carbocycles. The average Bonchev–Trinajstić information content (AvgIpc) is 3.43. The molecule has 0 atom stereocenters.